The van der Waals surface area contributed by atoms with Crippen LogP contribution in [0.3, 0.4) is 0 Å². The molecule has 0 unspecified atom stereocenters. The molecule has 3 nitrogen and oxygen atoms in total. The van der Waals surface area contributed by atoms with Gasteiger partial charge in [-0.25, -0.2) is 4.98 Å². The van der Waals surface area contributed by atoms with Crippen LogP contribution < -0.4 is 4.74 Å². The summed E-state index contributed by atoms with van der Waals surface area (Å²) in [6.45, 7) is 1.88. The fourth-order valence-corrected chi connectivity index (χ4v) is 3.88. The van der Waals surface area contributed by atoms with Gasteiger partial charge in [-0.05, 0) is 42.1 Å². The number of aryl methyl sites for hydroxylation is 1. The van der Waals surface area contributed by atoms with Crippen molar-refractivity contribution in [2.45, 2.75) is 6.92 Å². The minimum Gasteiger partial charge on any atom is -0.497 e. The van der Waals surface area contributed by atoms with Gasteiger partial charge in [0, 0.05) is 0 Å². The average Bonchev–Trinajstić information content (AvgIpc) is 3.22. The van der Waals surface area contributed by atoms with Crippen molar-refractivity contribution in [2.24, 2.45) is 0 Å². The van der Waals surface area contributed by atoms with E-state index >= 15 is 0 Å². The number of hydrogen-bond donors (Lipinski definition) is 0. The van der Waals surface area contributed by atoms with Crippen molar-refractivity contribution >= 4 is 34.5 Å². The highest BCUT2D eigenvalue weighted by molar-refractivity contribution is 7.22. The first-order chi connectivity index (χ1) is 11.2. The number of aromatic nitrogens is 1. The largest absolute Gasteiger partial charge is 0.497 e. The van der Waals surface area contributed by atoms with Crippen LogP contribution in [0.2, 0.25) is 0 Å². The summed E-state index contributed by atoms with van der Waals surface area (Å²) in [6, 6.07) is 11.6. The fraction of sp³-hybridized carbons (Fsp3) is 0.111. The lowest BCUT2D eigenvalue weighted by molar-refractivity contribution is 0.105. The third-order valence-electron chi connectivity index (χ3n) is 3.30. The molecule has 0 bridgehead atoms. The lowest BCUT2D eigenvalue weighted by atomic mass is 10.1. The van der Waals surface area contributed by atoms with Crippen LogP contribution in [0.15, 0.2) is 47.9 Å². The Morgan fingerprint density at radius 1 is 1.22 bits per heavy atom. The highest BCUT2D eigenvalue weighted by Crippen LogP contribution is 2.31. The summed E-state index contributed by atoms with van der Waals surface area (Å²) in [7, 11) is 1.63. The molecule has 0 spiro atoms. The molecule has 5 heteroatoms. The van der Waals surface area contributed by atoms with E-state index < -0.39 is 0 Å². The van der Waals surface area contributed by atoms with Gasteiger partial charge in [0.05, 0.1) is 22.6 Å². The van der Waals surface area contributed by atoms with Crippen LogP contribution in [0.4, 0.5) is 0 Å². The van der Waals surface area contributed by atoms with Crippen molar-refractivity contribution in [3.63, 3.8) is 0 Å². The number of nitrogens with zero attached hydrogens (tertiary/aromatic N) is 1. The van der Waals surface area contributed by atoms with Gasteiger partial charge in [0.25, 0.3) is 0 Å². The van der Waals surface area contributed by atoms with Crippen molar-refractivity contribution in [3.8, 4) is 15.6 Å². The minimum absolute atomic E-state index is 0.0152. The van der Waals surface area contributed by atoms with Gasteiger partial charge in [-0.2, -0.15) is 0 Å². The minimum atomic E-state index is -0.0152. The first kappa shape index (κ1) is 15.6. The molecule has 0 aliphatic rings. The predicted octanol–water partition coefficient (Wildman–Crippen LogP) is 5.08. The molecule has 23 heavy (non-hydrogen) atoms. The lowest BCUT2D eigenvalue weighted by Crippen LogP contribution is -1.93. The van der Waals surface area contributed by atoms with Crippen LogP contribution in [-0.4, -0.2) is 17.9 Å². The number of benzene rings is 1. The molecule has 0 aliphatic heterocycles. The second-order valence-corrected chi connectivity index (χ2v) is 6.83. The Hall–Kier alpha value is -2.24. The third-order valence-corrected chi connectivity index (χ3v) is 5.51. The number of thiophene rings is 1. The number of rotatable bonds is 5. The lowest BCUT2D eigenvalue weighted by Gasteiger charge is -1.98. The molecule has 0 N–H and O–H groups in total. The average molecular weight is 341 g/mol. The quantitative estimate of drug-likeness (QED) is 0.479. The molecule has 1 aromatic carbocycles. The molecule has 0 saturated heterocycles. The van der Waals surface area contributed by atoms with E-state index in [2.05, 4.69) is 4.98 Å². The summed E-state index contributed by atoms with van der Waals surface area (Å²) < 4.78 is 5.12. The Kier molecular flexibility index (Phi) is 4.69. The van der Waals surface area contributed by atoms with Gasteiger partial charge in [-0.1, -0.05) is 24.3 Å². The van der Waals surface area contributed by atoms with Gasteiger partial charge in [0.2, 0.25) is 0 Å². The molecule has 0 radical (unpaired) electrons. The predicted molar refractivity (Wildman–Crippen MR) is 96.5 cm³/mol. The van der Waals surface area contributed by atoms with Crippen molar-refractivity contribution in [2.75, 3.05) is 7.11 Å². The molecular weight excluding hydrogens is 326 g/mol. The molecule has 3 aromatic rings. The zero-order valence-electron chi connectivity index (χ0n) is 12.8. The van der Waals surface area contributed by atoms with Gasteiger partial charge in [0.1, 0.15) is 10.8 Å². The molecule has 3 rings (SSSR count). The van der Waals surface area contributed by atoms with Crippen LogP contribution in [0.25, 0.3) is 16.0 Å². The van der Waals surface area contributed by atoms with Gasteiger partial charge in [-0.15, -0.1) is 22.7 Å². The summed E-state index contributed by atoms with van der Waals surface area (Å²) in [5, 5.41) is 2.91. The second kappa shape index (κ2) is 6.89. The molecule has 2 heterocycles. The third kappa shape index (κ3) is 3.57. The Balaban J connectivity index is 1.78. The Bertz CT molecular complexity index is 831. The van der Waals surface area contributed by atoms with E-state index in [1.165, 1.54) is 11.3 Å². The highest BCUT2D eigenvalue weighted by atomic mass is 32.1. The zero-order chi connectivity index (χ0) is 16.2. The number of ketones is 1. The van der Waals surface area contributed by atoms with Gasteiger partial charge < -0.3 is 4.74 Å². The number of hydrogen-bond acceptors (Lipinski definition) is 5. The van der Waals surface area contributed by atoms with Crippen LogP contribution in [-0.2, 0) is 0 Å². The Labute approximate surface area is 142 Å². The zero-order valence-corrected chi connectivity index (χ0v) is 14.4. The monoisotopic (exact) mass is 341 g/mol. The fourth-order valence-electron chi connectivity index (χ4n) is 2.09. The molecule has 116 valence electrons. The maximum Gasteiger partial charge on any atom is 0.197 e. The van der Waals surface area contributed by atoms with Crippen molar-refractivity contribution in [1.82, 2.24) is 4.98 Å². The first-order valence-electron chi connectivity index (χ1n) is 7.05. The molecule has 0 atom stereocenters. The summed E-state index contributed by atoms with van der Waals surface area (Å²) >= 11 is 3.08. The van der Waals surface area contributed by atoms with E-state index in [1.807, 2.05) is 54.8 Å². The van der Waals surface area contributed by atoms with Gasteiger partial charge >= 0.3 is 0 Å². The number of carbonyl (C=O) groups is 1. The van der Waals surface area contributed by atoms with E-state index in [0.717, 1.165) is 26.9 Å². The second-order valence-electron chi connectivity index (χ2n) is 4.88. The number of thiazole rings is 1. The number of methoxy groups -OCH3 is 1. The normalized spacial score (nSPS) is 11.0. The number of carbonyl (C=O) groups excluding carboxylic acids is 1. The number of allylic oxidation sites excluding steroid dienone is 1. The molecule has 0 amide bonds. The SMILES string of the molecule is COc1ccc(C=CC(=O)c2sc(-c3cccs3)nc2C)cc1. The Morgan fingerprint density at radius 2 is 2.00 bits per heavy atom. The van der Waals surface area contributed by atoms with Crippen LogP contribution >= 0.6 is 22.7 Å². The Morgan fingerprint density at radius 3 is 2.65 bits per heavy atom. The molecule has 2 aromatic heterocycles. The van der Waals surface area contributed by atoms with Gasteiger partial charge in [-0.3, -0.25) is 4.79 Å². The van der Waals surface area contributed by atoms with Crippen molar-refractivity contribution in [3.05, 3.63) is 64.0 Å². The van der Waals surface area contributed by atoms with E-state index in [4.69, 9.17) is 4.74 Å². The van der Waals surface area contributed by atoms with Crippen LogP contribution in [0.1, 0.15) is 20.9 Å². The standard InChI is InChI=1S/C18H15NO2S2/c1-12-17(23-18(19-12)16-4-3-11-22-16)15(20)10-7-13-5-8-14(21-2)9-6-13/h3-11H,1-2H3. The summed E-state index contributed by atoms with van der Waals surface area (Å²) in [5.74, 6) is 0.783. The molecular formula is C18H15NO2S2. The maximum absolute atomic E-state index is 12.4. The highest BCUT2D eigenvalue weighted by Gasteiger charge is 2.14. The van der Waals surface area contributed by atoms with E-state index in [9.17, 15) is 4.79 Å². The van der Waals surface area contributed by atoms with Gasteiger partial charge in [0.15, 0.2) is 5.78 Å². The van der Waals surface area contributed by atoms with Crippen LogP contribution in [0, 0.1) is 6.92 Å². The maximum atomic E-state index is 12.4. The van der Waals surface area contributed by atoms with E-state index in [1.54, 1.807) is 24.5 Å². The summed E-state index contributed by atoms with van der Waals surface area (Å²) in [4.78, 5) is 18.7. The molecule has 0 fully saturated rings. The topological polar surface area (TPSA) is 39.2 Å². The summed E-state index contributed by atoms with van der Waals surface area (Å²) in [5.41, 5.74) is 1.74. The van der Waals surface area contributed by atoms with E-state index in [0.29, 0.717) is 4.88 Å². The summed E-state index contributed by atoms with van der Waals surface area (Å²) in [6.07, 6.45) is 3.41. The van der Waals surface area contributed by atoms with Crippen molar-refractivity contribution in [1.29, 1.82) is 0 Å². The smallest absolute Gasteiger partial charge is 0.197 e. The van der Waals surface area contributed by atoms with Crippen LogP contribution in [0.5, 0.6) is 5.75 Å². The van der Waals surface area contributed by atoms with Crippen molar-refractivity contribution < 1.29 is 9.53 Å². The molecule has 0 saturated carbocycles. The first-order valence-corrected chi connectivity index (χ1v) is 8.75. The van der Waals surface area contributed by atoms with E-state index in [-0.39, 0.29) is 5.78 Å². The molecule has 0 aliphatic carbocycles. The number of ether oxygens (including phenoxy) is 1.